The number of sulfonamides is 1. The van der Waals surface area contributed by atoms with Crippen molar-refractivity contribution >= 4 is 21.6 Å². The monoisotopic (exact) mass is 348 g/mol. The fraction of sp³-hybridized carbons (Fsp3) is 0.235. The largest absolute Gasteiger partial charge is 0.496 e. The first-order chi connectivity index (χ1) is 11.4. The predicted octanol–water partition coefficient (Wildman–Crippen LogP) is 2.55. The van der Waals surface area contributed by atoms with Crippen molar-refractivity contribution in [3.63, 3.8) is 0 Å². The van der Waals surface area contributed by atoms with Crippen molar-refractivity contribution in [3.05, 3.63) is 53.6 Å². The maximum absolute atomic E-state index is 12.6. The van der Waals surface area contributed by atoms with Gasteiger partial charge in [0.25, 0.3) is 15.9 Å². The lowest BCUT2D eigenvalue weighted by molar-refractivity contribution is 0.0952. The van der Waals surface area contributed by atoms with Crippen LogP contribution in [-0.2, 0) is 10.0 Å². The fourth-order valence-electron chi connectivity index (χ4n) is 2.21. The van der Waals surface area contributed by atoms with Crippen LogP contribution in [0.25, 0.3) is 0 Å². The van der Waals surface area contributed by atoms with Crippen LogP contribution in [0.4, 0.5) is 5.69 Å². The molecule has 2 rings (SSSR count). The van der Waals surface area contributed by atoms with E-state index in [2.05, 4.69) is 10.0 Å². The average Bonchev–Trinajstić information content (AvgIpc) is 2.54. The molecule has 0 saturated carbocycles. The van der Waals surface area contributed by atoms with Gasteiger partial charge in [-0.05, 0) is 49.7 Å². The summed E-state index contributed by atoms with van der Waals surface area (Å²) in [6, 6.07) is 11.2. The highest BCUT2D eigenvalue weighted by atomic mass is 32.2. The van der Waals surface area contributed by atoms with Crippen LogP contribution in [0.5, 0.6) is 5.75 Å². The quantitative estimate of drug-likeness (QED) is 0.840. The SMILES string of the molecule is CCNC(=O)c1cc(S(=O)(=O)Nc2cccc(C)c2)ccc1OC. The highest BCUT2D eigenvalue weighted by molar-refractivity contribution is 7.92. The maximum atomic E-state index is 12.6. The molecule has 0 atom stereocenters. The molecule has 2 N–H and O–H groups in total. The lowest BCUT2D eigenvalue weighted by atomic mass is 10.2. The molecule has 0 aliphatic heterocycles. The van der Waals surface area contributed by atoms with Crippen molar-refractivity contribution in [2.75, 3.05) is 18.4 Å². The number of ether oxygens (including phenoxy) is 1. The van der Waals surface area contributed by atoms with Gasteiger partial charge in [0.05, 0.1) is 17.6 Å². The van der Waals surface area contributed by atoms with Crippen LogP contribution in [0.1, 0.15) is 22.8 Å². The van der Waals surface area contributed by atoms with E-state index in [9.17, 15) is 13.2 Å². The fourth-order valence-corrected chi connectivity index (χ4v) is 3.29. The lowest BCUT2D eigenvalue weighted by Crippen LogP contribution is -2.24. The molecule has 1 amide bonds. The summed E-state index contributed by atoms with van der Waals surface area (Å²) in [5, 5.41) is 2.64. The van der Waals surface area contributed by atoms with Crippen molar-refractivity contribution in [3.8, 4) is 5.75 Å². The second kappa shape index (κ2) is 7.35. The molecule has 0 aliphatic carbocycles. The van der Waals surface area contributed by atoms with Gasteiger partial charge in [-0.25, -0.2) is 8.42 Å². The lowest BCUT2D eigenvalue weighted by Gasteiger charge is -2.12. The molecule has 0 spiro atoms. The number of nitrogens with one attached hydrogen (secondary N) is 2. The first kappa shape index (κ1) is 17.8. The Morgan fingerprint density at radius 1 is 1.17 bits per heavy atom. The molecule has 24 heavy (non-hydrogen) atoms. The molecule has 0 unspecified atom stereocenters. The van der Waals surface area contributed by atoms with E-state index in [4.69, 9.17) is 4.74 Å². The number of benzene rings is 2. The number of hydrogen-bond acceptors (Lipinski definition) is 4. The van der Waals surface area contributed by atoms with Crippen molar-refractivity contribution < 1.29 is 17.9 Å². The molecule has 128 valence electrons. The summed E-state index contributed by atoms with van der Waals surface area (Å²) in [6.45, 7) is 4.09. The summed E-state index contributed by atoms with van der Waals surface area (Å²) in [5.41, 5.74) is 1.57. The molecule has 2 aromatic carbocycles. The van der Waals surface area contributed by atoms with Gasteiger partial charge in [0.15, 0.2) is 0 Å². The summed E-state index contributed by atoms with van der Waals surface area (Å²) in [4.78, 5) is 12.1. The number of anilines is 1. The summed E-state index contributed by atoms with van der Waals surface area (Å²) in [5.74, 6) is -0.0718. The maximum Gasteiger partial charge on any atom is 0.261 e. The van der Waals surface area contributed by atoms with Crippen molar-refractivity contribution in [1.82, 2.24) is 5.32 Å². The van der Waals surface area contributed by atoms with Crippen molar-refractivity contribution in [1.29, 1.82) is 0 Å². The summed E-state index contributed by atoms with van der Waals surface area (Å²) in [7, 11) is -2.38. The van der Waals surface area contributed by atoms with E-state index >= 15 is 0 Å². The van der Waals surface area contributed by atoms with Gasteiger partial charge in [-0.15, -0.1) is 0 Å². The second-order valence-corrected chi connectivity index (χ2v) is 6.88. The highest BCUT2D eigenvalue weighted by Gasteiger charge is 2.19. The predicted molar refractivity (Wildman–Crippen MR) is 93.0 cm³/mol. The van der Waals surface area contributed by atoms with Crippen LogP contribution in [0.3, 0.4) is 0 Å². The molecule has 0 heterocycles. The second-order valence-electron chi connectivity index (χ2n) is 5.20. The van der Waals surface area contributed by atoms with Gasteiger partial charge < -0.3 is 10.1 Å². The summed E-state index contributed by atoms with van der Waals surface area (Å²) in [6.07, 6.45) is 0. The van der Waals surface area contributed by atoms with Crippen LogP contribution in [0.15, 0.2) is 47.4 Å². The van der Waals surface area contributed by atoms with Crippen molar-refractivity contribution in [2.45, 2.75) is 18.7 Å². The van der Waals surface area contributed by atoms with E-state index in [1.807, 2.05) is 13.0 Å². The zero-order valence-electron chi connectivity index (χ0n) is 13.8. The number of hydrogen-bond donors (Lipinski definition) is 2. The third-order valence-electron chi connectivity index (χ3n) is 3.33. The van der Waals surface area contributed by atoms with Gasteiger partial charge in [-0.1, -0.05) is 12.1 Å². The van der Waals surface area contributed by atoms with Crippen molar-refractivity contribution in [2.24, 2.45) is 0 Å². The van der Waals surface area contributed by atoms with Gasteiger partial charge in [-0.3, -0.25) is 9.52 Å². The zero-order chi connectivity index (χ0) is 17.7. The molecule has 0 fully saturated rings. The third-order valence-corrected chi connectivity index (χ3v) is 4.71. The number of carbonyl (C=O) groups is 1. The Bertz CT molecular complexity index is 847. The molecule has 0 saturated heterocycles. The van der Waals surface area contributed by atoms with Gasteiger partial charge in [0, 0.05) is 12.2 Å². The van der Waals surface area contributed by atoms with Crippen LogP contribution in [0, 0.1) is 6.92 Å². The molecule has 6 nitrogen and oxygen atoms in total. The molecular formula is C17H20N2O4S. The van der Waals surface area contributed by atoms with Crippen LogP contribution in [-0.4, -0.2) is 28.0 Å². The Hall–Kier alpha value is -2.54. The average molecular weight is 348 g/mol. The molecule has 0 aliphatic rings. The number of aryl methyl sites for hydroxylation is 1. The van der Waals surface area contributed by atoms with E-state index in [0.29, 0.717) is 18.0 Å². The molecule has 2 aromatic rings. The number of methoxy groups -OCH3 is 1. The normalized spacial score (nSPS) is 11.0. The first-order valence-electron chi connectivity index (χ1n) is 7.43. The van der Waals surface area contributed by atoms with Gasteiger partial charge >= 0.3 is 0 Å². The van der Waals surface area contributed by atoms with E-state index < -0.39 is 10.0 Å². The molecule has 0 bridgehead atoms. The van der Waals surface area contributed by atoms with Gasteiger partial charge in [0.2, 0.25) is 0 Å². The number of carbonyl (C=O) groups excluding carboxylic acids is 1. The molecule has 0 radical (unpaired) electrons. The Labute approximate surface area is 141 Å². The van der Waals surface area contributed by atoms with E-state index in [1.165, 1.54) is 25.3 Å². The van der Waals surface area contributed by atoms with E-state index in [1.54, 1.807) is 25.1 Å². The van der Waals surface area contributed by atoms with Gasteiger partial charge in [0.1, 0.15) is 5.75 Å². The smallest absolute Gasteiger partial charge is 0.261 e. The zero-order valence-corrected chi connectivity index (χ0v) is 14.6. The highest BCUT2D eigenvalue weighted by Crippen LogP contribution is 2.24. The standard InChI is InChI=1S/C17H20N2O4S/c1-4-18-17(20)15-11-14(8-9-16(15)23-3)24(21,22)19-13-7-5-6-12(2)10-13/h5-11,19H,4H2,1-3H3,(H,18,20). The van der Waals surface area contributed by atoms with Gasteiger partial charge in [-0.2, -0.15) is 0 Å². The van der Waals surface area contributed by atoms with Crippen LogP contribution in [0.2, 0.25) is 0 Å². The Morgan fingerprint density at radius 3 is 2.54 bits per heavy atom. The Morgan fingerprint density at radius 2 is 1.92 bits per heavy atom. The molecule has 0 aromatic heterocycles. The molecule has 7 heteroatoms. The van der Waals surface area contributed by atoms with Crippen LogP contribution < -0.4 is 14.8 Å². The van der Waals surface area contributed by atoms with E-state index in [0.717, 1.165) is 5.56 Å². The minimum Gasteiger partial charge on any atom is -0.496 e. The molecular weight excluding hydrogens is 328 g/mol. The Kier molecular flexibility index (Phi) is 5.46. The third kappa shape index (κ3) is 4.05. The Balaban J connectivity index is 2.39. The van der Waals surface area contributed by atoms with E-state index in [-0.39, 0.29) is 16.4 Å². The first-order valence-corrected chi connectivity index (χ1v) is 8.91. The summed E-state index contributed by atoms with van der Waals surface area (Å²) >= 11 is 0. The number of amides is 1. The number of rotatable bonds is 6. The minimum atomic E-state index is -3.81. The minimum absolute atomic E-state index is 0.00828. The van der Waals surface area contributed by atoms with Crippen LogP contribution >= 0.6 is 0 Å². The summed E-state index contributed by atoms with van der Waals surface area (Å²) < 4.78 is 32.8. The topological polar surface area (TPSA) is 84.5 Å².